The summed E-state index contributed by atoms with van der Waals surface area (Å²) in [6.45, 7) is 1.77. The topological polar surface area (TPSA) is 165 Å². The van der Waals surface area contributed by atoms with E-state index in [1.54, 1.807) is 11.6 Å². The number of carbonyl (C=O) groups is 1. The summed E-state index contributed by atoms with van der Waals surface area (Å²) in [5.74, 6) is 0.0908. The van der Waals surface area contributed by atoms with E-state index in [4.69, 9.17) is 4.74 Å². The molecule has 0 radical (unpaired) electrons. The molecule has 0 bridgehead atoms. The van der Waals surface area contributed by atoms with E-state index in [9.17, 15) is 21.6 Å². The molecule has 15 heteroatoms. The van der Waals surface area contributed by atoms with Crippen molar-refractivity contribution >= 4 is 32.0 Å². The molecule has 29 heavy (non-hydrogen) atoms. The number of hydrogen-bond donors (Lipinski definition) is 2. The highest BCUT2D eigenvalue weighted by Crippen LogP contribution is 2.23. The van der Waals surface area contributed by atoms with Crippen molar-refractivity contribution in [3.8, 4) is 6.01 Å². The third-order valence-electron chi connectivity index (χ3n) is 3.61. The maximum atomic E-state index is 12.6. The van der Waals surface area contributed by atoms with E-state index in [0.717, 1.165) is 14.9 Å². The molecule has 0 spiro atoms. The largest absolute Gasteiger partial charge is 0.467 e. The number of aromatic nitrogens is 4. The molecule has 0 aromatic carbocycles. The van der Waals surface area contributed by atoms with Crippen LogP contribution in [-0.4, -0.2) is 67.9 Å². The number of anilines is 1. The van der Waals surface area contributed by atoms with Gasteiger partial charge in [-0.15, -0.1) is 0 Å². The van der Waals surface area contributed by atoms with Gasteiger partial charge in [0.2, 0.25) is 5.95 Å². The summed E-state index contributed by atoms with van der Waals surface area (Å²) in [6, 6.07) is -0.164. The molecule has 0 saturated heterocycles. The molecule has 0 atom stereocenters. The smallest absolute Gasteiger partial charge is 0.335 e. The molecule has 2 aromatic rings. The molecule has 0 aliphatic rings. The van der Waals surface area contributed by atoms with E-state index >= 15 is 0 Å². The number of methoxy groups -OCH3 is 1. The first-order valence-corrected chi connectivity index (χ1v) is 11.0. The second-order valence-electron chi connectivity index (χ2n) is 5.86. The van der Waals surface area contributed by atoms with Crippen LogP contribution in [-0.2, 0) is 33.5 Å². The average molecular weight is 447 g/mol. The van der Waals surface area contributed by atoms with Crippen molar-refractivity contribution in [2.24, 2.45) is 7.05 Å². The van der Waals surface area contributed by atoms with Crippen LogP contribution in [0, 0.1) is 0 Å². The van der Waals surface area contributed by atoms with Crippen LogP contribution in [0.4, 0.5) is 10.7 Å². The Morgan fingerprint density at radius 2 is 1.86 bits per heavy atom. The number of amides is 2. The highest BCUT2D eigenvalue weighted by atomic mass is 32.2. The van der Waals surface area contributed by atoms with E-state index < -0.39 is 36.0 Å². The van der Waals surface area contributed by atoms with Crippen molar-refractivity contribution in [1.82, 2.24) is 28.5 Å². The van der Waals surface area contributed by atoms with E-state index in [0.29, 0.717) is 12.2 Å². The minimum atomic E-state index is -4.53. The lowest BCUT2D eigenvalue weighted by atomic mass is 10.5. The van der Waals surface area contributed by atoms with Crippen molar-refractivity contribution in [3.63, 3.8) is 0 Å². The van der Waals surface area contributed by atoms with Gasteiger partial charge in [0.05, 0.1) is 7.11 Å². The maximum absolute atomic E-state index is 12.6. The maximum Gasteiger partial charge on any atom is 0.335 e. The van der Waals surface area contributed by atoms with Crippen LogP contribution in [0.2, 0.25) is 0 Å². The Bertz CT molecular complexity index is 1100. The molecule has 2 amide bonds. The highest BCUT2D eigenvalue weighted by molar-refractivity contribution is 7.92. The predicted molar refractivity (Wildman–Crippen MR) is 101 cm³/mol. The summed E-state index contributed by atoms with van der Waals surface area (Å²) in [4.78, 5) is 23.3. The molecule has 2 rings (SSSR count). The van der Waals surface area contributed by atoms with Gasteiger partial charge >= 0.3 is 12.0 Å². The molecule has 160 valence electrons. The number of hydrogen-bond acceptors (Lipinski definition) is 9. The minimum Gasteiger partial charge on any atom is -0.467 e. The van der Waals surface area contributed by atoms with Gasteiger partial charge in [0.1, 0.15) is 10.7 Å². The molecule has 13 nitrogen and oxygen atoms in total. The van der Waals surface area contributed by atoms with Crippen molar-refractivity contribution in [1.29, 1.82) is 0 Å². The molecule has 2 aromatic heterocycles. The standard InChI is InChI=1S/C14H21N7O6S2/c1-6-10-15-12(18-14(16-10)27-5)17-13(22)19-28(23,24)9-7-8-21(4)11(9)29(25,26)20(2)3/h7-8H,6H2,1-5H3,(H2,15,16,17,18,19,22). The number of carbonyl (C=O) groups excluding carboxylic acids is 1. The van der Waals surface area contributed by atoms with Gasteiger partial charge in [-0.25, -0.2) is 30.7 Å². The second kappa shape index (κ2) is 8.30. The highest BCUT2D eigenvalue weighted by Gasteiger charge is 2.32. The van der Waals surface area contributed by atoms with E-state index in [1.165, 1.54) is 34.4 Å². The molecule has 0 aliphatic heterocycles. The average Bonchev–Trinajstić information content (AvgIpc) is 3.03. The van der Waals surface area contributed by atoms with Crippen molar-refractivity contribution < 1.29 is 26.4 Å². The van der Waals surface area contributed by atoms with Crippen LogP contribution in [0.5, 0.6) is 6.01 Å². The Balaban J connectivity index is 2.33. The fraction of sp³-hybridized carbons (Fsp3) is 0.429. The lowest BCUT2D eigenvalue weighted by Gasteiger charge is -2.14. The number of aryl methyl sites for hydroxylation is 2. The van der Waals surface area contributed by atoms with Crippen LogP contribution in [0.25, 0.3) is 0 Å². The second-order valence-corrected chi connectivity index (χ2v) is 9.58. The van der Waals surface area contributed by atoms with Crippen molar-refractivity contribution in [2.45, 2.75) is 23.3 Å². The molecular weight excluding hydrogens is 426 g/mol. The molecule has 0 fully saturated rings. The Morgan fingerprint density at radius 1 is 1.21 bits per heavy atom. The van der Waals surface area contributed by atoms with Gasteiger partial charge in [-0.3, -0.25) is 5.32 Å². The van der Waals surface area contributed by atoms with E-state index in [-0.39, 0.29) is 12.0 Å². The SMILES string of the molecule is CCc1nc(NC(=O)NS(=O)(=O)c2ccn(C)c2S(=O)(=O)N(C)C)nc(OC)n1. The summed E-state index contributed by atoms with van der Waals surface area (Å²) < 4.78 is 58.9. The van der Waals surface area contributed by atoms with Gasteiger partial charge in [-0.2, -0.15) is 15.0 Å². The number of nitrogens with zero attached hydrogens (tertiary/aromatic N) is 5. The number of sulfonamides is 2. The molecule has 0 saturated carbocycles. The third-order valence-corrected chi connectivity index (χ3v) is 7.06. The van der Waals surface area contributed by atoms with Crippen LogP contribution < -0.4 is 14.8 Å². The van der Waals surface area contributed by atoms with Crippen LogP contribution in [0.15, 0.2) is 22.2 Å². The summed E-state index contributed by atoms with van der Waals surface area (Å²) in [5, 5.41) is 1.68. The number of nitrogens with one attached hydrogen (secondary N) is 2. The Labute approximate surface area is 168 Å². The summed E-state index contributed by atoms with van der Waals surface area (Å²) in [6.07, 6.45) is 1.68. The number of urea groups is 1. The Hall–Kier alpha value is -2.78. The van der Waals surface area contributed by atoms with Crippen LogP contribution in [0.3, 0.4) is 0 Å². The molecular formula is C14H21N7O6S2. The van der Waals surface area contributed by atoms with E-state index in [2.05, 4.69) is 20.3 Å². The van der Waals surface area contributed by atoms with Gasteiger partial charge in [0, 0.05) is 33.8 Å². The van der Waals surface area contributed by atoms with Crippen LogP contribution in [0.1, 0.15) is 12.7 Å². The van der Waals surface area contributed by atoms with Gasteiger partial charge < -0.3 is 9.30 Å². The molecule has 0 aliphatic carbocycles. The summed E-state index contributed by atoms with van der Waals surface area (Å²) >= 11 is 0. The number of ether oxygens (including phenoxy) is 1. The van der Waals surface area contributed by atoms with Crippen molar-refractivity contribution in [3.05, 3.63) is 18.1 Å². The van der Waals surface area contributed by atoms with Gasteiger partial charge in [-0.05, 0) is 6.07 Å². The minimum absolute atomic E-state index is 0.0579. The zero-order valence-electron chi connectivity index (χ0n) is 16.4. The zero-order valence-corrected chi connectivity index (χ0v) is 18.0. The third kappa shape index (κ3) is 4.80. The molecule has 2 heterocycles. The normalized spacial score (nSPS) is 12.1. The predicted octanol–water partition coefficient (Wildman–Crippen LogP) is -0.458. The first-order valence-electron chi connectivity index (χ1n) is 8.13. The van der Waals surface area contributed by atoms with E-state index in [1.807, 2.05) is 0 Å². The Kier molecular flexibility index (Phi) is 6.44. The van der Waals surface area contributed by atoms with Gasteiger partial charge in [-0.1, -0.05) is 6.92 Å². The van der Waals surface area contributed by atoms with Crippen LogP contribution >= 0.6 is 0 Å². The van der Waals surface area contributed by atoms with Gasteiger partial charge in [0.15, 0.2) is 5.03 Å². The Morgan fingerprint density at radius 3 is 2.41 bits per heavy atom. The zero-order chi connectivity index (χ0) is 22.0. The quantitative estimate of drug-likeness (QED) is 0.571. The lowest BCUT2D eigenvalue weighted by Crippen LogP contribution is -2.36. The van der Waals surface area contributed by atoms with Gasteiger partial charge in [0.25, 0.3) is 20.0 Å². The molecule has 2 N–H and O–H groups in total. The lowest BCUT2D eigenvalue weighted by molar-refractivity contribution is 0.256. The first kappa shape index (κ1) is 22.5. The monoisotopic (exact) mass is 447 g/mol. The fourth-order valence-corrected chi connectivity index (χ4v) is 4.94. The molecule has 0 unspecified atom stereocenters. The number of rotatable bonds is 7. The van der Waals surface area contributed by atoms with Crippen molar-refractivity contribution in [2.75, 3.05) is 26.5 Å². The summed E-state index contributed by atoms with van der Waals surface area (Å²) in [5.41, 5.74) is 0. The fourth-order valence-electron chi connectivity index (χ4n) is 2.19. The summed E-state index contributed by atoms with van der Waals surface area (Å²) in [7, 11) is -3.40. The first-order chi connectivity index (χ1) is 13.4.